The van der Waals surface area contributed by atoms with Crippen LogP contribution in [-0.2, 0) is 25.3 Å². The summed E-state index contributed by atoms with van der Waals surface area (Å²) in [5, 5.41) is 8.79. The fraction of sp³-hybridized carbons (Fsp3) is 0.438. The quantitative estimate of drug-likeness (QED) is 0.895. The molecule has 3 rings (SSSR count). The van der Waals surface area contributed by atoms with E-state index < -0.39 is 0 Å². The number of hydrogen-bond donors (Lipinski definition) is 1. The fourth-order valence-electron chi connectivity index (χ4n) is 3.06. The molecule has 2 aromatic rings. The zero-order chi connectivity index (χ0) is 15.0. The summed E-state index contributed by atoms with van der Waals surface area (Å²) >= 11 is 10.2. The molecular weight excluding hydrogens is 350 g/mol. The summed E-state index contributed by atoms with van der Waals surface area (Å²) < 4.78 is 3.11. The van der Waals surface area contributed by atoms with Gasteiger partial charge in [-0.1, -0.05) is 52.7 Å². The molecular formula is C16H19BrClN3. The molecule has 0 bridgehead atoms. The van der Waals surface area contributed by atoms with Gasteiger partial charge in [0.1, 0.15) is 0 Å². The molecule has 0 aliphatic carbocycles. The van der Waals surface area contributed by atoms with E-state index in [2.05, 4.69) is 57.5 Å². The van der Waals surface area contributed by atoms with Crippen LogP contribution in [0.25, 0.3) is 0 Å². The lowest BCUT2D eigenvalue weighted by Crippen LogP contribution is -2.58. The van der Waals surface area contributed by atoms with E-state index in [-0.39, 0.29) is 5.41 Å². The van der Waals surface area contributed by atoms with Crippen LogP contribution in [-0.4, -0.2) is 22.9 Å². The van der Waals surface area contributed by atoms with E-state index in [1.807, 2.05) is 11.7 Å². The highest BCUT2D eigenvalue weighted by Gasteiger charge is 2.41. The Bertz CT molecular complexity index is 662. The number of benzene rings is 1. The summed E-state index contributed by atoms with van der Waals surface area (Å²) in [6.07, 6.45) is 1.78. The predicted octanol–water partition coefficient (Wildman–Crippen LogP) is 3.48. The Morgan fingerprint density at radius 2 is 2.10 bits per heavy atom. The minimum Gasteiger partial charge on any atom is -0.315 e. The van der Waals surface area contributed by atoms with E-state index in [0.29, 0.717) is 0 Å². The molecule has 0 amide bonds. The van der Waals surface area contributed by atoms with Crippen molar-refractivity contribution < 1.29 is 0 Å². The van der Waals surface area contributed by atoms with Crippen molar-refractivity contribution in [2.45, 2.75) is 25.2 Å². The van der Waals surface area contributed by atoms with Gasteiger partial charge in [-0.3, -0.25) is 4.68 Å². The minimum atomic E-state index is 0.0997. The summed E-state index contributed by atoms with van der Waals surface area (Å²) in [4.78, 5) is 0. The predicted molar refractivity (Wildman–Crippen MR) is 90.0 cm³/mol. The van der Waals surface area contributed by atoms with Crippen molar-refractivity contribution in [3.05, 3.63) is 50.7 Å². The Hall–Kier alpha value is -0.840. The van der Waals surface area contributed by atoms with Gasteiger partial charge in [0.15, 0.2) is 0 Å². The van der Waals surface area contributed by atoms with E-state index in [9.17, 15) is 0 Å². The Morgan fingerprint density at radius 1 is 1.38 bits per heavy atom. The van der Waals surface area contributed by atoms with Gasteiger partial charge in [-0.25, -0.2) is 0 Å². The lowest BCUT2D eigenvalue weighted by Gasteiger charge is -2.44. The molecule has 0 spiro atoms. The Morgan fingerprint density at radius 3 is 2.62 bits per heavy atom. The summed E-state index contributed by atoms with van der Waals surface area (Å²) in [5.41, 5.74) is 3.57. The van der Waals surface area contributed by atoms with Crippen molar-refractivity contribution in [2.24, 2.45) is 7.05 Å². The van der Waals surface area contributed by atoms with Gasteiger partial charge in [-0.2, -0.15) is 5.10 Å². The minimum absolute atomic E-state index is 0.0997. The van der Waals surface area contributed by atoms with Crippen LogP contribution in [0.1, 0.15) is 23.9 Å². The summed E-state index contributed by atoms with van der Waals surface area (Å²) in [5.74, 6) is 0. The second-order valence-corrected chi connectivity index (χ2v) is 6.96. The molecule has 2 heterocycles. The van der Waals surface area contributed by atoms with Crippen molar-refractivity contribution in [1.29, 1.82) is 0 Å². The number of aryl methyl sites for hydroxylation is 2. The molecule has 0 unspecified atom stereocenters. The molecule has 1 saturated heterocycles. The number of hydrogen-bond acceptors (Lipinski definition) is 2. The lowest BCUT2D eigenvalue weighted by molar-refractivity contribution is 0.268. The maximum absolute atomic E-state index is 6.53. The average Bonchev–Trinajstić information content (AvgIpc) is 2.70. The van der Waals surface area contributed by atoms with Crippen LogP contribution < -0.4 is 5.32 Å². The second kappa shape index (κ2) is 5.75. The van der Waals surface area contributed by atoms with Crippen LogP contribution in [0.2, 0.25) is 5.02 Å². The number of rotatable bonds is 4. The molecule has 1 aromatic carbocycles. The standard InChI is InChI=1S/C16H19BrClN3/c1-3-13-15(18)14(21(2)20-13)8-16(9-19-10-16)11-6-4-5-7-12(11)17/h4-7,19H,3,8-10H2,1-2H3. The van der Waals surface area contributed by atoms with E-state index in [0.717, 1.165) is 42.3 Å². The van der Waals surface area contributed by atoms with E-state index in [1.165, 1.54) is 10.0 Å². The monoisotopic (exact) mass is 367 g/mol. The summed E-state index contributed by atoms with van der Waals surface area (Å²) in [6.45, 7) is 4.03. The highest BCUT2D eigenvalue weighted by atomic mass is 79.9. The molecule has 21 heavy (non-hydrogen) atoms. The lowest BCUT2D eigenvalue weighted by atomic mass is 9.72. The molecule has 0 radical (unpaired) electrons. The zero-order valence-corrected chi connectivity index (χ0v) is 14.6. The number of aromatic nitrogens is 2. The first-order chi connectivity index (χ1) is 10.1. The highest BCUT2D eigenvalue weighted by molar-refractivity contribution is 9.10. The number of nitrogens with zero attached hydrogens (tertiary/aromatic N) is 2. The Labute approximate surface area is 138 Å². The maximum Gasteiger partial charge on any atom is 0.0850 e. The molecule has 1 N–H and O–H groups in total. The molecule has 0 atom stereocenters. The van der Waals surface area contributed by atoms with Gasteiger partial charge < -0.3 is 5.32 Å². The highest BCUT2D eigenvalue weighted by Crippen LogP contribution is 2.38. The van der Waals surface area contributed by atoms with Crippen molar-refractivity contribution >= 4 is 27.5 Å². The molecule has 5 heteroatoms. The van der Waals surface area contributed by atoms with Gasteiger partial charge in [0.05, 0.1) is 16.4 Å². The SMILES string of the molecule is CCc1nn(C)c(CC2(c3ccccc3Br)CNC2)c1Cl. The van der Waals surface area contributed by atoms with Crippen molar-refractivity contribution in [3.63, 3.8) is 0 Å². The molecule has 1 aliphatic rings. The van der Waals surface area contributed by atoms with Crippen LogP contribution >= 0.6 is 27.5 Å². The van der Waals surface area contributed by atoms with Crippen LogP contribution in [0.4, 0.5) is 0 Å². The van der Waals surface area contributed by atoms with Crippen LogP contribution in [0.3, 0.4) is 0 Å². The molecule has 0 saturated carbocycles. The number of halogens is 2. The van der Waals surface area contributed by atoms with Crippen molar-refractivity contribution in [3.8, 4) is 0 Å². The third kappa shape index (κ3) is 2.54. The molecule has 1 aromatic heterocycles. The van der Waals surface area contributed by atoms with Crippen LogP contribution in [0.15, 0.2) is 28.7 Å². The van der Waals surface area contributed by atoms with Gasteiger partial charge in [0.25, 0.3) is 0 Å². The van der Waals surface area contributed by atoms with Crippen molar-refractivity contribution in [1.82, 2.24) is 15.1 Å². The maximum atomic E-state index is 6.53. The first-order valence-electron chi connectivity index (χ1n) is 7.23. The molecule has 112 valence electrons. The van der Waals surface area contributed by atoms with Gasteiger partial charge in [0.2, 0.25) is 0 Å². The third-order valence-corrected chi connectivity index (χ3v) is 5.51. The van der Waals surface area contributed by atoms with Gasteiger partial charge in [-0.05, 0) is 18.1 Å². The molecule has 3 nitrogen and oxygen atoms in total. The molecule has 1 fully saturated rings. The average molecular weight is 369 g/mol. The smallest absolute Gasteiger partial charge is 0.0850 e. The third-order valence-electron chi connectivity index (χ3n) is 4.38. The fourth-order valence-corrected chi connectivity index (χ4v) is 4.13. The Kier molecular flexibility index (Phi) is 4.12. The second-order valence-electron chi connectivity index (χ2n) is 5.73. The molecule has 1 aliphatic heterocycles. The zero-order valence-electron chi connectivity index (χ0n) is 12.3. The van der Waals surface area contributed by atoms with Gasteiger partial charge in [0, 0.05) is 36.4 Å². The first kappa shape index (κ1) is 15.1. The van der Waals surface area contributed by atoms with E-state index >= 15 is 0 Å². The first-order valence-corrected chi connectivity index (χ1v) is 8.40. The number of nitrogens with one attached hydrogen (secondary N) is 1. The largest absolute Gasteiger partial charge is 0.315 e. The van der Waals surface area contributed by atoms with Gasteiger partial charge >= 0.3 is 0 Å². The van der Waals surface area contributed by atoms with Crippen LogP contribution in [0, 0.1) is 0 Å². The van der Waals surface area contributed by atoms with Gasteiger partial charge in [-0.15, -0.1) is 0 Å². The van der Waals surface area contributed by atoms with Crippen LogP contribution in [0.5, 0.6) is 0 Å². The summed E-state index contributed by atoms with van der Waals surface area (Å²) in [6, 6.07) is 8.47. The normalized spacial score (nSPS) is 16.8. The van der Waals surface area contributed by atoms with Crippen molar-refractivity contribution in [2.75, 3.05) is 13.1 Å². The summed E-state index contributed by atoms with van der Waals surface area (Å²) in [7, 11) is 1.99. The Balaban J connectivity index is 1.99. The topological polar surface area (TPSA) is 29.9 Å². The van der Waals surface area contributed by atoms with E-state index in [4.69, 9.17) is 11.6 Å². The van der Waals surface area contributed by atoms with E-state index in [1.54, 1.807) is 0 Å².